The highest BCUT2D eigenvalue weighted by Crippen LogP contribution is 2.24. The number of likely N-dealkylation sites (N-methyl/N-ethyl adjacent to an activating group) is 1. The van der Waals surface area contributed by atoms with E-state index in [1.807, 2.05) is 0 Å². The Balaban J connectivity index is 2.07. The summed E-state index contributed by atoms with van der Waals surface area (Å²) in [5.74, 6) is -0.957. The predicted octanol–water partition coefficient (Wildman–Crippen LogP) is 2.29. The number of hydrogen-bond acceptors (Lipinski definition) is 4. The molecule has 0 N–H and O–H groups in total. The third kappa shape index (κ3) is 2.20. The topological polar surface area (TPSA) is 70.8 Å². The Morgan fingerprint density at radius 2 is 1.68 bits per heavy atom. The van der Waals surface area contributed by atoms with Gasteiger partial charge in [0.1, 0.15) is 11.3 Å². The number of amides is 4. The molecular formula is C16H12N2O4. The first kappa shape index (κ1) is 13.8. The summed E-state index contributed by atoms with van der Waals surface area (Å²) >= 11 is 0. The average Bonchev–Trinajstić information content (AvgIpc) is 3.04. The van der Waals surface area contributed by atoms with Crippen molar-refractivity contribution in [2.45, 2.75) is 0 Å². The fourth-order valence-electron chi connectivity index (χ4n) is 2.16. The lowest BCUT2D eigenvalue weighted by molar-refractivity contribution is -0.128. The van der Waals surface area contributed by atoms with E-state index < -0.39 is 17.8 Å². The van der Waals surface area contributed by atoms with Gasteiger partial charge in [0.15, 0.2) is 0 Å². The van der Waals surface area contributed by atoms with Crippen LogP contribution in [0.25, 0.3) is 6.08 Å². The summed E-state index contributed by atoms with van der Waals surface area (Å²) in [5.41, 5.74) is 0.281. The molecule has 4 amide bonds. The quantitative estimate of drug-likeness (QED) is 0.629. The van der Waals surface area contributed by atoms with E-state index in [0.717, 1.165) is 9.80 Å². The van der Waals surface area contributed by atoms with Crippen molar-refractivity contribution in [3.05, 3.63) is 60.1 Å². The Labute approximate surface area is 126 Å². The van der Waals surface area contributed by atoms with Gasteiger partial charge in [-0.1, -0.05) is 18.2 Å². The van der Waals surface area contributed by atoms with Gasteiger partial charge in [-0.25, -0.2) is 9.69 Å². The van der Waals surface area contributed by atoms with E-state index >= 15 is 0 Å². The molecule has 0 radical (unpaired) electrons. The number of carbonyl (C=O) groups excluding carboxylic acids is 3. The zero-order valence-corrected chi connectivity index (χ0v) is 11.7. The van der Waals surface area contributed by atoms with Crippen molar-refractivity contribution in [1.82, 2.24) is 4.90 Å². The first-order valence-electron chi connectivity index (χ1n) is 6.56. The number of nitrogens with zero attached hydrogens (tertiary/aromatic N) is 2. The molecule has 0 bridgehead atoms. The summed E-state index contributed by atoms with van der Waals surface area (Å²) in [7, 11) is 1.34. The molecule has 2 aromatic rings. The predicted molar refractivity (Wildman–Crippen MR) is 78.8 cm³/mol. The molecule has 1 aliphatic rings. The zero-order chi connectivity index (χ0) is 15.7. The SMILES string of the molecule is CN1C(=O)/C(=C\c2ccco2)C(=O)N(c2ccccc2)C1=O. The standard InChI is InChI=1S/C16H12N2O4/c1-17-14(19)13(10-12-8-5-9-22-12)15(20)18(16(17)21)11-6-3-2-4-7-11/h2-10H,1H3/b13-10+. The number of benzene rings is 1. The average molecular weight is 296 g/mol. The number of anilines is 1. The third-order valence-corrected chi connectivity index (χ3v) is 3.29. The molecule has 2 heterocycles. The largest absolute Gasteiger partial charge is 0.465 e. The van der Waals surface area contributed by atoms with Crippen molar-refractivity contribution in [1.29, 1.82) is 0 Å². The van der Waals surface area contributed by atoms with Crippen molar-refractivity contribution >= 4 is 29.6 Å². The number of furan rings is 1. The highest BCUT2D eigenvalue weighted by molar-refractivity contribution is 6.38. The second-order valence-corrected chi connectivity index (χ2v) is 4.70. The van der Waals surface area contributed by atoms with E-state index in [9.17, 15) is 14.4 Å². The van der Waals surface area contributed by atoms with Crippen molar-refractivity contribution in [2.75, 3.05) is 11.9 Å². The van der Waals surface area contributed by atoms with Crippen LogP contribution in [0.2, 0.25) is 0 Å². The molecule has 0 aliphatic carbocycles. The third-order valence-electron chi connectivity index (χ3n) is 3.29. The van der Waals surface area contributed by atoms with E-state index in [0.29, 0.717) is 11.4 Å². The zero-order valence-electron chi connectivity index (χ0n) is 11.7. The minimum atomic E-state index is -0.683. The van der Waals surface area contributed by atoms with Gasteiger partial charge in [0.25, 0.3) is 11.8 Å². The summed E-state index contributed by atoms with van der Waals surface area (Å²) in [5, 5.41) is 0. The summed E-state index contributed by atoms with van der Waals surface area (Å²) in [6.45, 7) is 0. The summed E-state index contributed by atoms with van der Waals surface area (Å²) in [4.78, 5) is 38.9. The van der Waals surface area contributed by atoms with E-state index in [1.54, 1.807) is 42.5 Å². The first-order valence-corrected chi connectivity index (χ1v) is 6.56. The van der Waals surface area contributed by atoms with Crippen LogP contribution in [0.5, 0.6) is 0 Å². The van der Waals surface area contributed by atoms with Gasteiger partial charge < -0.3 is 4.42 Å². The normalized spacial score (nSPS) is 17.5. The summed E-state index contributed by atoms with van der Waals surface area (Å²) in [6.07, 6.45) is 2.78. The molecule has 1 fully saturated rings. The maximum Gasteiger partial charge on any atom is 0.338 e. The number of rotatable bonds is 2. The molecule has 1 aliphatic heterocycles. The molecule has 110 valence electrons. The van der Waals surface area contributed by atoms with Gasteiger partial charge in [-0.15, -0.1) is 0 Å². The monoisotopic (exact) mass is 296 g/mol. The molecule has 6 heteroatoms. The van der Waals surface area contributed by atoms with Gasteiger partial charge in [-0.3, -0.25) is 14.5 Å². The number of imide groups is 2. The van der Waals surface area contributed by atoms with Gasteiger partial charge >= 0.3 is 6.03 Å². The van der Waals surface area contributed by atoms with Gasteiger partial charge in [-0.2, -0.15) is 0 Å². The Bertz CT molecular complexity index is 763. The maximum absolute atomic E-state index is 12.6. The van der Waals surface area contributed by atoms with E-state index in [2.05, 4.69) is 0 Å². The molecular weight excluding hydrogens is 284 g/mol. The Morgan fingerprint density at radius 1 is 0.955 bits per heavy atom. The molecule has 1 aromatic carbocycles. The van der Waals surface area contributed by atoms with Crippen LogP contribution >= 0.6 is 0 Å². The van der Waals surface area contributed by atoms with E-state index in [-0.39, 0.29) is 5.57 Å². The number of hydrogen-bond donors (Lipinski definition) is 0. The minimum Gasteiger partial charge on any atom is -0.465 e. The van der Waals surface area contributed by atoms with Gasteiger partial charge in [0.2, 0.25) is 0 Å². The molecule has 0 spiro atoms. The summed E-state index contributed by atoms with van der Waals surface area (Å²) < 4.78 is 5.13. The maximum atomic E-state index is 12.6. The van der Waals surface area contributed by atoms with Crippen LogP contribution in [0.4, 0.5) is 10.5 Å². The lowest BCUT2D eigenvalue weighted by atomic mass is 10.1. The van der Waals surface area contributed by atoms with Crippen LogP contribution in [0.15, 0.2) is 58.7 Å². The van der Waals surface area contributed by atoms with E-state index in [1.165, 1.54) is 19.4 Å². The highest BCUT2D eigenvalue weighted by atomic mass is 16.3. The van der Waals surface area contributed by atoms with Crippen LogP contribution in [-0.2, 0) is 9.59 Å². The van der Waals surface area contributed by atoms with Crippen LogP contribution in [0.1, 0.15) is 5.76 Å². The minimum absolute atomic E-state index is 0.124. The molecule has 1 saturated heterocycles. The van der Waals surface area contributed by atoms with Crippen LogP contribution < -0.4 is 4.90 Å². The Hall–Kier alpha value is -3.15. The van der Waals surface area contributed by atoms with Crippen LogP contribution in [-0.4, -0.2) is 29.8 Å². The second kappa shape index (κ2) is 5.33. The number of urea groups is 1. The highest BCUT2D eigenvalue weighted by Gasteiger charge is 2.41. The van der Waals surface area contributed by atoms with Gasteiger partial charge in [0.05, 0.1) is 12.0 Å². The first-order chi connectivity index (χ1) is 10.6. The fraction of sp³-hybridized carbons (Fsp3) is 0.0625. The van der Waals surface area contributed by atoms with Crippen molar-refractivity contribution in [3.63, 3.8) is 0 Å². The Morgan fingerprint density at radius 3 is 2.32 bits per heavy atom. The molecule has 22 heavy (non-hydrogen) atoms. The van der Waals surface area contributed by atoms with Gasteiger partial charge in [0, 0.05) is 7.05 Å². The Kier molecular flexibility index (Phi) is 3.34. The van der Waals surface area contributed by atoms with Crippen LogP contribution in [0.3, 0.4) is 0 Å². The molecule has 0 atom stereocenters. The van der Waals surface area contributed by atoms with Crippen LogP contribution in [0, 0.1) is 0 Å². The number of barbiturate groups is 1. The van der Waals surface area contributed by atoms with Gasteiger partial charge in [-0.05, 0) is 30.3 Å². The smallest absolute Gasteiger partial charge is 0.338 e. The second-order valence-electron chi connectivity index (χ2n) is 4.70. The number of carbonyl (C=O) groups is 3. The summed E-state index contributed by atoms with van der Waals surface area (Å²) in [6, 6.07) is 11.0. The molecule has 6 nitrogen and oxygen atoms in total. The lowest BCUT2D eigenvalue weighted by Crippen LogP contribution is -2.55. The van der Waals surface area contributed by atoms with Crippen molar-refractivity contribution in [3.8, 4) is 0 Å². The van der Waals surface area contributed by atoms with E-state index in [4.69, 9.17) is 4.42 Å². The molecule has 3 rings (SSSR count). The molecule has 0 saturated carbocycles. The van der Waals surface area contributed by atoms with Crippen molar-refractivity contribution < 1.29 is 18.8 Å². The molecule has 1 aromatic heterocycles. The fourth-order valence-corrected chi connectivity index (χ4v) is 2.16. The number of para-hydroxylation sites is 1. The van der Waals surface area contributed by atoms with Crippen molar-refractivity contribution in [2.24, 2.45) is 0 Å². The molecule has 0 unspecified atom stereocenters. The lowest BCUT2D eigenvalue weighted by Gasteiger charge is -2.31.